The lowest BCUT2D eigenvalue weighted by Crippen LogP contribution is -2.38. The molecule has 0 bridgehead atoms. The molecule has 0 rings (SSSR count). The van der Waals surface area contributed by atoms with Gasteiger partial charge in [0.05, 0.1) is 6.04 Å². The van der Waals surface area contributed by atoms with Crippen LogP contribution in [0.5, 0.6) is 0 Å². The third-order valence-electron chi connectivity index (χ3n) is 1.87. The van der Waals surface area contributed by atoms with E-state index in [1.54, 1.807) is 20.9 Å². The number of rotatable bonds is 3. The molecule has 0 aliphatic carbocycles. The van der Waals surface area contributed by atoms with Crippen LogP contribution < -0.4 is 0 Å². The summed E-state index contributed by atoms with van der Waals surface area (Å²) >= 11 is 0. The minimum absolute atomic E-state index is 0.00713. The molecule has 0 fully saturated rings. The summed E-state index contributed by atoms with van der Waals surface area (Å²) in [6.07, 6.45) is 0.452. The van der Waals surface area contributed by atoms with Gasteiger partial charge in [0, 0.05) is 13.5 Å². The van der Waals surface area contributed by atoms with Gasteiger partial charge < -0.3 is 4.90 Å². The normalized spacial score (nSPS) is 10.9. The maximum atomic E-state index is 11.0. The molecule has 1 amide bonds. The molecule has 0 heterocycles. The summed E-state index contributed by atoms with van der Waals surface area (Å²) in [5.74, 6) is 0.0296. The summed E-state index contributed by atoms with van der Waals surface area (Å²) in [6.45, 7) is 9.01. The van der Waals surface area contributed by atoms with Gasteiger partial charge in [-0.25, -0.2) is 0 Å². The number of hydrogen-bond acceptors (Lipinski definition) is 2. The van der Waals surface area contributed by atoms with Crippen molar-refractivity contribution in [3.63, 3.8) is 0 Å². The first-order valence-electron chi connectivity index (χ1n) is 4.76. The topological polar surface area (TPSA) is 37.4 Å². The molecule has 13 heavy (non-hydrogen) atoms. The zero-order valence-electron chi connectivity index (χ0n) is 9.55. The fourth-order valence-corrected chi connectivity index (χ4v) is 0.738. The number of nitrogens with zero attached hydrogens (tertiary/aromatic N) is 1. The quantitative estimate of drug-likeness (QED) is 0.676. The summed E-state index contributed by atoms with van der Waals surface area (Å²) < 4.78 is 0. The van der Waals surface area contributed by atoms with Gasteiger partial charge in [-0.1, -0.05) is 20.8 Å². The molecule has 3 nitrogen and oxygen atoms in total. The molecule has 3 heteroatoms. The predicted octanol–water partition coefficient (Wildman–Crippen LogP) is 1.86. The first-order chi connectivity index (χ1) is 6.00. The van der Waals surface area contributed by atoms with Crippen molar-refractivity contribution in [2.75, 3.05) is 7.05 Å². The smallest absolute Gasteiger partial charge is 0.222 e. The second-order valence-corrected chi connectivity index (χ2v) is 2.64. The summed E-state index contributed by atoms with van der Waals surface area (Å²) in [7, 11) is 1.65. The van der Waals surface area contributed by atoms with E-state index in [-0.39, 0.29) is 17.7 Å². The Morgan fingerprint density at radius 3 is 1.92 bits per heavy atom. The fourth-order valence-electron chi connectivity index (χ4n) is 0.738. The minimum atomic E-state index is -0.289. The van der Waals surface area contributed by atoms with Gasteiger partial charge in [-0.15, -0.1) is 0 Å². The van der Waals surface area contributed by atoms with Crippen molar-refractivity contribution in [1.82, 2.24) is 4.90 Å². The van der Waals surface area contributed by atoms with Gasteiger partial charge in [-0.3, -0.25) is 9.59 Å². The molecule has 0 unspecified atom stereocenters. The Balaban J connectivity index is 0. The second kappa shape index (κ2) is 7.77. The predicted molar refractivity (Wildman–Crippen MR) is 54.6 cm³/mol. The van der Waals surface area contributed by atoms with Crippen LogP contribution in [-0.2, 0) is 9.59 Å². The van der Waals surface area contributed by atoms with Crippen LogP contribution in [0.15, 0.2) is 0 Å². The zero-order chi connectivity index (χ0) is 11.0. The van der Waals surface area contributed by atoms with Gasteiger partial charge in [0.1, 0.15) is 0 Å². The van der Waals surface area contributed by atoms with Crippen molar-refractivity contribution in [1.29, 1.82) is 0 Å². The van der Waals surface area contributed by atoms with E-state index in [0.29, 0.717) is 6.42 Å². The maximum Gasteiger partial charge on any atom is 0.222 e. The van der Waals surface area contributed by atoms with Crippen LogP contribution in [-0.4, -0.2) is 29.7 Å². The van der Waals surface area contributed by atoms with Crippen LogP contribution >= 0.6 is 0 Å². The van der Waals surface area contributed by atoms with Gasteiger partial charge in [0.25, 0.3) is 0 Å². The van der Waals surface area contributed by atoms with E-state index in [4.69, 9.17) is 0 Å². The second-order valence-electron chi connectivity index (χ2n) is 2.64. The highest BCUT2D eigenvalue weighted by atomic mass is 16.2. The maximum absolute atomic E-state index is 11.0. The minimum Gasteiger partial charge on any atom is -0.336 e. The molecule has 0 saturated heterocycles. The lowest BCUT2D eigenvalue weighted by Gasteiger charge is -2.21. The lowest BCUT2D eigenvalue weighted by molar-refractivity contribution is -0.136. The molecule has 78 valence electrons. The highest BCUT2D eigenvalue weighted by Gasteiger charge is 2.16. The molecular formula is C10H21NO2. The molecular weight excluding hydrogens is 166 g/mol. The number of carbonyl (C=O) groups excluding carboxylic acids is 2. The molecule has 0 radical (unpaired) electrons. The Bertz CT molecular complexity index is 166. The van der Waals surface area contributed by atoms with Crippen LogP contribution in [0.1, 0.15) is 41.0 Å². The SMILES string of the molecule is CC.CCC(=O)N(C)[C@@H](C)C(C)=O. The molecule has 0 N–H and O–H groups in total. The van der Waals surface area contributed by atoms with E-state index < -0.39 is 0 Å². The largest absolute Gasteiger partial charge is 0.336 e. The summed E-state index contributed by atoms with van der Waals surface area (Å²) in [5, 5.41) is 0. The van der Waals surface area contributed by atoms with E-state index in [1.165, 1.54) is 11.8 Å². The van der Waals surface area contributed by atoms with E-state index >= 15 is 0 Å². The third-order valence-corrected chi connectivity index (χ3v) is 1.87. The van der Waals surface area contributed by atoms with Gasteiger partial charge in [0.15, 0.2) is 5.78 Å². The molecule has 0 saturated carbocycles. The number of ketones is 1. The van der Waals surface area contributed by atoms with E-state index in [1.807, 2.05) is 13.8 Å². The third kappa shape index (κ3) is 5.39. The first-order valence-corrected chi connectivity index (χ1v) is 4.76. The van der Waals surface area contributed by atoms with Crippen LogP contribution in [0.2, 0.25) is 0 Å². The number of hydrogen-bond donors (Lipinski definition) is 0. The zero-order valence-corrected chi connectivity index (χ0v) is 9.55. The summed E-state index contributed by atoms with van der Waals surface area (Å²) in [5.41, 5.74) is 0. The molecule has 0 aromatic carbocycles. The van der Waals surface area contributed by atoms with Crippen LogP contribution in [0, 0.1) is 0 Å². The van der Waals surface area contributed by atoms with Crippen molar-refractivity contribution in [2.24, 2.45) is 0 Å². The Morgan fingerprint density at radius 1 is 1.31 bits per heavy atom. The van der Waals surface area contributed by atoms with Crippen molar-refractivity contribution in [3.05, 3.63) is 0 Å². The first kappa shape index (κ1) is 14.7. The Labute approximate surface area is 81.1 Å². The number of amides is 1. The average Bonchev–Trinajstić information content (AvgIpc) is 2.17. The number of Topliss-reactive ketones (excluding diaryl/α,β-unsaturated/α-hetero) is 1. The lowest BCUT2D eigenvalue weighted by atomic mass is 10.2. The Hall–Kier alpha value is -0.860. The molecule has 0 aromatic heterocycles. The molecule has 0 aliphatic heterocycles. The average molecular weight is 187 g/mol. The van der Waals surface area contributed by atoms with Crippen molar-refractivity contribution in [3.8, 4) is 0 Å². The van der Waals surface area contributed by atoms with Crippen molar-refractivity contribution < 1.29 is 9.59 Å². The monoisotopic (exact) mass is 187 g/mol. The van der Waals surface area contributed by atoms with Crippen molar-refractivity contribution in [2.45, 2.75) is 47.1 Å². The molecule has 0 aliphatic rings. The van der Waals surface area contributed by atoms with Gasteiger partial charge >= 0.3 is 0 Å². The number of likely N-dealkylation sites (N-methyl/N-ethyl adjacent to an activating group) is 1. The van der Waals surface area contributed by atoms with E-state index in [2.05, 4.69) is 0 Å². The molecule has 1 atom stereocenters. The summed E-state index contributed by atoms with van der Waals surface area (Å²) in [6, 6.07) is -0.289. The molecule has 0 aromatic rings. The van der Waals surface area contributed by atoms with Crippen LogP contribution in [0.4, 0.5) is 0 Å². The fraction of sp³-hybridized carbons (Fsp3) is 0.800. The highest BCUT2D eigenvalue weighted by molar-refractivity contribution is 5.86. The van der Waals surface area contributed by atoms with Crippen LogP contribution in [0.25, 0.3) is 0 Å². The van der Waals surface area contributed by atoms with Gasteiger partial charge in [0.2, 0.25) is 5.91 Å². The van der Waals surface area contributed by atoms with E-state index in [0.717, 1.165) is 0 Å². The Morgan fingerprint density at radius 2 is 1.69 bits per heavy atom. The van der Waals surface area contributed by atoms with E-state index in [9.17, 15) is 9.59 Å². The highest BCUT2D eigenvalue weighted by Crippen LogP contribution is 1.99. The van der Waals surface area contributed by atoms with Gasteiger partial charge in [-0.05, 0) is 13.8 Å². The number of carbonyl (C=O) groups is 2. The summed E-state index contributed by atoms with van der Waals surface area (Å²) in [4.78, 5) is 23.3. The van der Waals surface area contributed by atoms with Gasteiger partial charge in [-0.2, -0.15) is 0 Å². The van der Waals surface area contributed by atoms with Crippen molar-refractivity contribution >= 4 is 11.7 Å². The molecule has 0 spiro atoms. The standard InChI is InChI=1S/C8H15NO2.C2H6/c1-5-8(11)9(4)6(2)7(3)10;1-2/h6H,5H2,1-4H3;1-2H3/t6-;/m0./s1. The Kier molecular flexibility index (Phi) is 8.76. The van der Waals surface area contributed by atoms with Crippen LogP contribution in [0.3, 0.4) is 0 Å².